The maximum atomic E-state index is 12.3. The summed E-state index contributed by atoms with van der Waals surface area (Å²) in [6.45, 7) is 9.91. The molecule has 0 saturated carbocycles. The minimum atomic E-state index is 0.00146. The van der Waals surface area contributed by atoms with Crippen LogP contribution in [0, 0.1) is 0 Å². The van der Waals surface area contributed by atoms with E-state index < -0.39 is 0 Å². The molecule has 0 radical (unpaired) electrons. The molecule has 32 heavy (non-hydrogen) atoms. The highest BCUT2D eigenvalue weighted by Gasteiger charge is 2.20. The number of carbonyl (C=O) groups is 1. The number of thiophene rings is 1. The fourth-order valence-electron chi connectivity index (χ4n) is 3.67. The second kappa shape index (κ2) is 11.3. The zero-order chi connectivity index (χ0) is 22.3. The lowest BCUT2D eigenvalue weighted by atomic mass is 10.2. The first kappa shape index (κ1) is 23.3. The van der Waals surface area contributed by atoms with Crippen LogP contribution in [0.2, 0.25) is 5.02 Å². The summed E-state index contributed by atoms with van der Waals surface area (Å²) < 4.78 is 8.44. The SMILES string of the molecule is C=CCn1c(SCC(=O)NCCC[NH+]2CCOCC2)nnc1-c1sc2ccccc2c1Cl. The first-order chi connectivity index (χ1) is 15.7. The zero-order valence-corrected chi connectivity index (χ0v) is 20.2. The van der Waals surface area contributed by atoms with Crippen molar-refractivity contribution in [3.05, 3.63) is 41.9 Å². The number of quaternary nitrogens is 1. The van der Waals surface area contributed by atoms with E-state index in [0.29, 0.717) is 34.8 Å². The molecule has 3 heterocycles. The summed E-state index contributed by atoms with van der Waals surface area (Å²) in [7, 11) is 0. The second-order valence-electron chi connectivity index (χ2n) is 7.55. The first-order valence-corrected chi connectivity index (χ1v) is 12.9. The Labute approximate surface area is 200 Å². The Balaban J connectivity index is 1.35. The average molecular weight is 493 g/mol. The molecule has 0 atom stereocenters. The van der Waals surface area contributed by atoms with Crippen LogP contribution in [0.15, 0.2) is 42.1 Å². The topological polar surface area (TPSA) is 73.5 Å². The fourth-order valence-corrected chi connectivity index (χ4v) is 5.96. The van der Waals surface area contributed by atoms with E-state index in [9.17, 15) is 4.79 Å². The van der Waals surface area contributed by atoms with Crippen LogP contribution in [-0.2, 0) is 16.1 Å². The van der Waals surface area contributed by atoms with Gasteiger partial charge in [-0.3, -0.25) is 9.36 Å². The van der Waals surface area contributed by atoms with Gasteiger partial charge >= 0.3 is 0 Å². The van der Waals surface area contributed by atoms with E-state index in [1.165, 1.54) is 11.8 Å². The molecule has 0 aliphatic carbocycles. The van der Waals surface area contributed by atoms with Gasteiger partial charge in [-0.1, -0.05) is 47.6 Å². The Morgan fingerprint density at radius 1 is 1.34 bits per heavy atom. The third kappa shape index (κ3) is 5.52. The van der Waals surface area contributed by atoms with Crippen LogP contribution in [0.5, 0.6) is 0 Å². The molecule has 7 nitrogen and oxygen atoms in total. The number of rotatable bonds is 10. The molecule has 1 amide bonds. The van der Waals surface area contributed by atoms with Crippen molar-refractivity contribution in [1.82, 2.24) is 20.1 Å². The number of ether oxygens (including phenoxy) is 1. The number of fused-ring (bicyclic) bond motifs is 1. The van der Waals surface area contributed by atoms with E-state index >= 15 is 0 Å². The lowest BCUT2D eigenvalue weighted by Crippen LogP contribution is -3.14. The van der Waals surface area contributed by atoms with Gasteiger partial charge in [0.2, 0.25) is 5.91 Å². The smallest absolute Gasteiger partial charge is 0.230 e. The van der Waals surface area contributed by atoms with Crippen LogP contribution in [0.4, 0.5) is 0 Å². The Bertz CT molecular complexity index is 1080. The predicted octanol–water partition coefficient (Wildman–Crippen LogP) is 2.51. The minimum absolute atomic E-state index is 0.00146. The third-order valence-electron chi connectivity index (χ3n) is 5.33. The number of benzene rings is 1. The molecule has 2 aromatic heterocycles. The molecular formula is C22H27ClN5O2S2+. The Hall–Kier alpha value is -1.91. The van der Waals surface area contributed by atoms with Gasteiger partial charge in [0.25, 0.3) is 0 Å². The number of halogens is 1. The van der Waals surface area contributed by atoms with Gasteiger partial charge in [0.15, 0.2) is 11.0 Å². The Kier molecular flexibility index (Phi) is 8.20. The highest BCUT2D eigenvalue weighted by atomic mass is 35.5. The highest BCUT2D eigenvalue weighted by Crippen LogP contribution is 2.41. The van der Waals surface area contributed by atoms with Crippen LogP contribution in [0.3, 0.4) is 0 Å². The molecule has 4 rings (SSSR count). The first-order valence-electron chi connectivity index (χ1n) is 10.7. The molecule has 3 aromatic rings. The van der Waals surface area contributed by atoms with Crippen molar-refractivity contribution in [3.8, 4) is 10.7 Å². The number of amides is 1. The maximum Gasteiger partial charge on any atom is 0.230 e. The quantitative estimate of drug-likeness (QED) is 0.258. The Morgan fingerprint density at radius 3 is 2.94 bits per heavy atom. The fraction of sp³-hybridized carbons (Fsp3) is 0.409. The van der Waals surface area contributed by atoms with E-state index in [-0.39, 0.29) is 5.91 Å². The summed E-state index contributed by atoms with van der Waals surface area (Å²) in [6, 6.07) is 8.02. The number of carbonyl (C=O) groups excluding carboxylic acids is 1. The molecule has 1 aromatic carbocycles. The van der Waals surface area contributed by atoms with Gasteiger partial charge in [0.1, 0.15) is 13.1 Å². The summed E-state index contributed by atoms with van der Waals surface area (Å²) in [5.41, 5.74) is 0. The van der Waals surface area contributed by atoms with Crippen molar-refractivity contribution in [1.29, 1.82) is 0 Å². The Morgan fingerprint density at radius 2 is 2.16 bits per heavy atom. The van der Waals surface area contributed by atoms with Crippen LogP contribution in [0.25, 0.3) is 20.8 Å². The summed E-state index contributed by atoms with van der Waals surface area (Å²) in [4.78, 5) is 14.8. The van der Waals surface area contributed by atoms with Gasteiger partial charge < -0.3 is 15.0 Å². The number of nitrogens with zero attached hydrogens (tertiary/aromatic N) is 3. The molecule has 1 saturated heterocycles. The number of aromatic nitrogens is 3. The van der Waals surface area contributed by atoms with Crippen molar-refractivity contribution in [2.45, 2.75) is 18.1 Å². The van der Waals surface area contributed by atoms with E-state index in [1.54, 1.807) is 22.3 Å². The molecule has 1 aliphatic rings. The second-order valence-corrected chi connectivity index (χ2v) is 9.92. The van der Waals surface area contributed by atoms with Crippen molar-refractivity contribution in [2.75, 3.05) is 45.1 Å². The van der Waals surface area contributed by atoms with Gasteiger partial charge in [-0.25, -0.2) is 0 Å². The standard InChI is InChI=1S/C22H26ClN5O2S2/c1-2-9-28-21(20-19(23)16-6-3-4-7-17(16)32-20)25-26-22(28)31-15-18(29)24-8-5-10-27-11-13-30-14-12-27/h2-4,6-7H,1,5,8-15H2,(H,24,29)/p+1. The number of morpholine rings is 1. The van der Waals surface area contributed by atoms with Crippen LogP contribution < -0.4 is 10.2 Å². The number of allylic oxidation sites excluding steroid dienone is 1. The molecule has 1 fully saturated rings. The monoisotopic (exact) mass is 492 g/mol. The van der Waals surface area contributed by atoms with E-state index in [2.05, 4.69) is 22.1 Å². The molecule has 1 aliphatic heterocycles. The summed E-state index contributed by atoms with van der Waals surface area (Å²) in [5.74, 6) is 0.994. The van der Waals surface area contributed by atoms with Gasteiger partial charge in [-0.05, 0) is 6.07 Å². The van der Waals surface area contributed by atoms with E-state index in [4.69, 9.17) is 16.3 Å². The highest BCUT2D eigenvalue weighted by molar-refractivity contribution is 7.99. The van der Waals surface area contributed by atoms with Gasteiger partial charge in [-0.15, -0.1) is 28.1 Å². The number of hydrogen-bond acceptors (Lipinski definition) is 6. The van der Waals surface area contributed by atoms with Crippen molar-refractivity contribution in [2.24, 2.45) is 0 Å². The summed E-state index contributed by atoms with van der Waals surface area (Å²) in [5, 5.41) is 14.1. The van der Waals surface area contributed by atoms with Crippen LogP contribution >= 0.6 is 34.7 Å². The van der Waals surface area contributed by atoms with E-state index in [0.717, 1.165) is 54.2 Å². The molecule has 0 bridgehead atoms. The van der Waals surface area contributed by atoms with Crippen LogP contribution in [0.1, 0.15) is 6.42 Å². The van der Waals surface area contributed by atoms with Gasteiger partial charge in [-0.2, -0.15) is 0 Å². The van der Waals surface area contributed by atoms with Gasteiger partial charge in [0, 0.05) is 29.6 Å². The third-order valence-corrected chi connectivity index (χ3v) is 7.97. The van der Waals surface area contributed by atoms with Gasteiger partial charge in [0.05, 0.1) is 35.4 Å². The molecule has 170 valence electrons. The molecule has 2 N–H and O–H groups in total. The number of nitrogens with one attached hydrogen (secondary N) is 2. The van der Waals surface area contributed by atoms with E-state index in [1.807, 2.05) is 28.8 Å². The summed E-state index contributed by atoms with van der Waals surface area (Å²) >= 11 is 9.62. The summed E-state index contributed by atoms with van der Waals surface area (Å²) in [6.07, 6.45) is 2.76. The van der Waals surface area contributed by atoms with Crippen molar-refractivity contribution in [3.63, 3.8) is 0 Å². The molecule has 10 heteroatoms. The lowest BCUT2D eigenvalue weighted by molar-refractivity contribution is -0.908. The lowest BCUT2D eigenvalue weighted by Gasteiger charge is -2.23. The number of hydrogen-bond donors (Lipinski definition) is 2. The van der Waals surface area contributed by atoms with Crippen LogP contribution in [-0.4, -0.2) is 65.8 Å². The molecular weight excluding hydrogens is 466 g/mol. The molecule has 0 spiro atoms. The normalized spacial score (nSPS) is 14.7. The predicted molar refractivity (Wildman–Crippen MR) is 131 cm³/mol. The zero-order valence-electron chi connectivity index (χ0n) is 17.8. The minimum Gasteiger partial charge on any atom is -0.370 e. The maximum absolute atomic E-state index is 12.3. The van der Waals surface area contributed by atoms with Crippen molar-refractivity contribution >= 4 is 50.7 Å². The largest absolute Gasteiger partial charge is 0.370 e. The van der Waals surface area contributed by atoms with Crippen molar-refractivity contribution < 1.29 is 14.4 Å². The average Bonchev–Trinajstić information content (AvgIpc) is 3.37. The number of thioether (sulfide) groups is 1. The molecule has 0 unspecified atom stereocenters.